The number of likely N-dealkylation sites (tertiary alicyclic amines) is 1. The molecular weight excluding hydrogens is 358 g/mol. The molecule has 28 heavy (non-hydrogen) atoms. The molecule has 4 heterocycles. The maximum absolute atomic E-state index is 13.2. The maximum atomic E-state index is 13.2. The molecule has 8 heteroatoms. The van der Waals surface area contributed by atoms with E-state index in [9.17, 15) is 9.90 Å². The van der Waals surface area contributed by atoms with Crippen molar-refractivity contribution in [2.45, 2.75) is 32.8 Å². The fraction of sp³-hybridized carbons (Fsp3) is 0.650. The Hall–Kier alpha value is -2.03. The summed E-state index contributed by atoms with van der Waals surface area (Å²) in [6, 6.07) is 1.82. The second-order valence-corrected chi connectivity index (χ2v) is 8.64. The molecule has 2 aromatic heterocycles. The van der Waals surface area contributed by atoms with Crippen molar-refractivity contribution in [1.29, 1.82) is 0 Å². The highest BCUT2D eigenvalue weighted by atomic mass is 16.5. The third kappa shape index (κ3) is 3.29. The van der Waals surface area contributed by atoms with Gasteiger partial charge in [-0.15, -0.1) is 0 Å². The molecule has 2 aliphatic heterocycles. The molecule has 4 rings (SSSR count). The van der Waals surface area contributed by atoms with Crippen LogP contribution in [0.2, 0.25) is 0 Å². The number of fused-ring (bicyclic) bond motifs is 1. The van der Waals surface area contributed by atoms with E-state index in [1.54, 1.807) is 16.9 Å². The average Bonchev–Trinajstić information content (AvgIpc) is 3.14. The van der Waals surface area contributed by atoms with Crippen molar-refractivity contribution in [3.05, 3.63) is 29.7 Å². The van der Waals surface area contributed by atoms with Crippen LogP contribution in [0.4, 0.5) is 0 Å². The number of aliphatic hydroxyl groups is 1. The molecule has 0 aliphatic carbocycles. The minimum absolute atomic E-state index is 0.0519. The Kier molecular flexibility index (Phi) is 4.89. The lowest BCUT2D eigenvalue weighted by molar-refractivity contribution is -0.133. The number of β-amino-alcohol motifs (C(OH)–C–C–N with tert-alkyl or cyclic N) is 1. The zero-order chi connectivity index (χ0) is 19.9. The molecule has 2 aromatic rings. The van der Waals surface area contributed by atoms with Crippen molar-refractivity contribution in [1.82, 2.24) is 24.4 Å². The number of amides is 1. The molecule has 1 atom stereocenters. The molecule has 2 fully saturated rings. The van der Waals surface area contributed by atoms with E-state index in [4.69, 9.17) is 4.74 Å². The van der Waals surface area contributed by atoms with Crippen molar-refractivity contribution in [2.75, 3.05) is 45.9 Å². The molecule has 0 aromatic carbocycles. The second-order valence-electron chi connectivity index (χ2n) is 8.64. The van der Waals surface area contributed by atoms with Crippen LogP contribution in [-0.4, -0.2) is 87.0 Å². The van der Waals surface area contributed by atoms with E-state index >= 15 is 0 Å². The van der Waals surface area contributed by atoms with E-state index < -0.39 is 11.0 Å². The van der Waals surface area contributed by atoms with Gasteiger partial charge in [0.1, 0.15) is 0 Å². The highest BCUT2D eigenvalue weighted by Crippen LogP contribution is 2.40. The Bertz CT molecular complexity index is 874. The van der Waals surface area contributed by atoms with Crippen molar-refractivity contribution >= 4 is 11.6 Å². The maximum Gasteiger partial charge on any atom is 0.257 e. The summed E-state index contributed by atoms with van der Waals surface area (Å²) in [5.74, 6) is -0.0519. The molecule has 152 valence electrons. The number of hydrogen-bond acceptors (Lipinski definition) is 6. The topological polar surface area (TPSA) is 83.2 Å². The van der Waals surface area contributed by atoms with Crippen LogP contribution in [0.1, 0.15) is 36.3 Å². The summed E-state index contributed by atoms with van der Waals surface area (Å²) < 4.78 is 7.11. The predicted molar refractivity (Wildman–Crippen MR) is 104 cm³/mol. The molecule has 2 aliphatic rings. The molecule has 0 spiro atoms. The number of nitrogens with zero attached hydrogens (tertiary/aromatic N) is 5. The Morgan fingerprint density at radius 1 is 1.29 bits per heavy atom. The smallest absolute Gasteiger partial charge is 0.257 e. The molecular formula is C20H29N5O3. The summed E-state index contributed by atoms with van der Waals surface area (Å²) in [6.07, 6.45) is 3.87. The lowest BCUT2D eigenvalue weighted by atomic mass is 9.69. The number of rotatable bonds is 3. The van der Waals surface area contributed by atoms with Gasteiger partial charge >= 0.3 is 0 Å². The zero-order valence-corrected chi connectivity index (χ0v) is 16.9. The first-order chi connectivity index (χ1) is 13.3. The molecule has 2 saturated heterocycles. The second kappa shape index (κ2) is 7.09. The first-order valence-electron chi connectivity index (χ1n) is 9.92. The standard InChI is InChI=1S/C20H29N5O3/c1-15-16(12-21-17-4-6-22-25(15)17)18(26)24-7-5-20(27,19(2,3)13-24)14-23-8-10-28-11-9-23/h4,6,12,27H,5,7-11,13-14H2,1-3H3/t20-/m0/s1. The fourth-order valence-electron chi connectivity index (χ4n) is 4.33. The molecule has 1 amide bonds. The first kappa shape index (κ1) is 19.3. The van der Waals surface area contributed by atoms with Crippen LogP contribution in [0.25, 0.3) is 5.65 Å². The Labute approximate surface area is 165 Å². The normalized spacial score (nSPS) is 25.9. The van der Waals surface area contributed by atoms with Crippen molar-refractivity contribution in [2.24, 2.45) is 5.41 Å². The summed E-state index contributed by atoms with van der Waals surface area (Å²) in [7, 11) is 0. The molecule has 0 radical (unpaired) electrons. The van der Waals surface area contributed by atoms with Gasteiger partial charge in [0, 0.05) is 50.4 Å². The Balaban J connectivity index is 1.51. The molecule has 0 bridgehead atoms. The SMILES string of the molecule is Cc1c(C(=O)N2CC[C@](O)(CN3CCOCC3)C(C)(C)C2)cnc2ccnn12. The number of aryl methyl sites for hydroxylation is 1. The van der Waals surface area contributed by atoms with Gasteiger partial charge in [-0.25, -0.2) is 9.50 Å². The van der Waals surface area contributed by atoms with Gasteiger partial charge in [0.15, 0.2) is 5.65 Å². The number of morpholine rings is 1. The van der Waals surface area contributed by atoms with Crippen molar-refractivity contribution in [3.63, 3.8) is 0 Å². The fourth-order valence-corrected chi connectivity index (χ4v) is 4.33. The van der Waals surface area contributed by atoms with Crippen LogP contribution < -0.4 is 0 Å². The van der Waals surface area contributed by atoms with Crippen LogP contribution in [0.3, 0.4) is 0 Å². The van der Waals surface area contributed by atoms with Gasteiger partial charge in [-0.3, -0.25) is 9.69 Å². The summed E-state index contributed by atoms with van der Waals surface area (Å²) >= 11 is 0. The van der Waals surface area contributed by atoms with E-state index in [0.717, 1.165) is 24.4 Å². The quantitative estimate of drug-likeness (QED) is 0.845. The molecule has 0 saturated carbocycles. The summed E-state index contributed by atoms with van der Waals surface area (Å²) in [5, 5.41) is 15.7. The van der Waals surface area contributed by atoms with Gasteiger partial charge in [-0.1, -0.05) is 13.8 Å². The Morgan fingerprint density at radius 2 is 2.04 bits per heavy atom. The van der Waals surface area contributed by atoms with E-state index in [2.05, 4.69) is 28.8 Å². The largest absolute Gasteiger partial charge is 0.388 e. The van der Waals surface area contributed by atoms with Gasteiger partial charge in [0.05, 0.1) is 36.3 Å². The van der Waals surface area contributed by atoms with E-state index in [0.29, 0.717) is 44.8 Å². The number of carbonyl (C=O) groups is 1. The van der Waals surface area contributed by atoms with Crippen LogP contribution in [-0.2, 0) is 4.74 Å². The first-order valence-corrected chi connectivity index (χ1v) is 9.92. The summed E-state index contributed by atoms with van der Waals surface area (Å²) in [5.41, 5.74) is 0.821. The predicted octanol–water partition coefficient (Wildman–Crippen LogP) is 0.973. The summed E-state index contributed by atoms with van der Waals surface area (Å²) in [6.45, 7) is 10.7. The van der Waals surface area contributed by atoms with Crippen LogP contribution in [0.15, 0.2) is 18.5 Å². The lowest BCUT2D eigenvalue weighted by Gasteiger charge is -2.52. The highest BCUT2D eigenvalue weighted by Gasteiger charge is 2.49. The number of hydrogen-bond donors (Lipinski definition) is 1. The number of ether oxygens (including phenoxy) is 1. The van der Waals surface area contributed by atoms with E-state index in [1.807, 2.05) is 17.9 Å². The van der Waals surface area contributed by atoms with Crippen LogP contribution in [0, 0.1) is 12.3 Å². The van der Waals surface area contributed by atoms with Gasteiger partial charge in [0.25, 0.3) is 5.91 Å². The minimum Gasteiger partial charge on any atom is -0.388 e. The van der Waals surface area contributed by atoms with Crippen molar-refractivity contribution in [3.8, 4) is 0 Å². The van der Waals surface area contributed by atoms with E-state index in [-0.39, 0.29) is 5.91 Å². The van der Waals surface area contributed by atoms with Crippen LogP contribution >= 0.6 is 0 Å². The number of piperidine rings is 1. The van der Waals surface area contributed by atoms with Gasteiger partial charge in [-0.05, 0) is 13.3 Å². The third-order valence-electron chi connectivity index (χ3n) is 6.40. The zero-order valence-electron chi connectivity index (χ0n) is 16.9. The lowest BCUT2D eigenvalue weighted by Crippen LogP contribution is -2.63. The van der Waals surface area contributed by atoms with E-state index in [1.165, 1.54) is 0 Å². The van der Waals surface area contributed by atoms with Gasteiger partial charge in [0.2, 0.25) is 0 Å². The number of aromatic nitrogens is 3. The van der Waals surface area contributed by atoms with Crippen LogP contribution in [0.5, 0.6) is 0 Å². The molecule has 0 unspecified atom stereocenters. The molecule has 1 N–H and O–H groups in total. The third-order valence-corrected chi connectivity index (χ3v) is 6.40. The summed E-state index contributed by atoms with van der Waals surface area (Å²) in [4.78, 5) is 21.7. The average molecular weight is 387 g/mol. The minimum atomic E-state index is -0.833. The molecule has 8 nitrogen and oxygen atoms in total. The van der Waals surface area contributed by atoms with Crippen molar-refractivity contribution < 1.29 is 14.6 Å². The number of carbonyl (C=O) groups excluding carboxylic acids is 1. The monoisotopic (exact) mass is 387 g/mol. The highest BCUT2D eigenvalue weighted by molar-refractivity contribution is 5.95. The Morgan fingerprint density at radius 3 is 2.75 bits per heavy atom. The van der Waals surface area contributed by atoms with Gasteiger partial charge in [-0.2, -0.15) is 5.10 Å². The van der Waals surface area contributed by atoms with Gasteiger partial charge < -0.3 is 14.7 Å².